The summed E-state index contributed by atoms with van der Waals surface area (Å²) >= 11 is 0. The Labute approximate surface area is 190 Å². The third-order valence-electron chi connectivity index (χ3n) is 4.56. The number of phenolic OH excluding ortho intramolecular Hbond substituents is 1. The van der Waals surface area contributed by atoms with Crippen LogP contribution in [0.1, 0.15) is 22.8 Å². The summed E-state index contributed by atoms with van der Waals surface area (Å²) in [6.45, 7) is 2.20. The molecule has 33 heavy (non-hydrogen) atoms. The molecule has 0 atom stereocenters. The van der Waals surface area contributed by atoms with Crippen LogP contribution in [0.5, 0.6) is 11.5 Å². The largest absolute Gasteiger partial charge is 0.508 e. The van der Waals surface area contributed by atoms with Crippen molar-refractivity contribution < 1.29 is 28.0 Å². The molecule has 172 valence electrons. The van der Waals surface area contributed by atoms with Gasteiger partial charge in [-0.1, -0.05) is 0 Å². The van der Waals surface area contributed by atoms with E-state index in [2.05, 4.69) is 10.0 Å². The number of nitrogens with zero attached hydrogens (tertiary/aromatic N) is 1. The van der Waals surface area contributed by atoms with Crippen molar-refractivity contribution in [2.45, 2.75) is 18.4 Å². The lowest BCUT2D eigenvalue weighted by molar-refractivity contribution is -0.384. The Morgan fingerprint density at radius 3 is 2.33 bits per heavy atom. The molecule has 1 amide bonds. The van der Waals surface area contributed by atoms with Gasteiger partial charge in [0.15, 0.2) is 0 Å². The summed E-state index contributed by atoms with van der Waals surface area (Å²) in [5, 5.41) is 23.2. The number of nitrogens with one attached hydrogen (secondary N) is 2. The predicted octanol–water partition coefficient (Wildman–Crippen LogP) is 3.43. The topological polar surface area (TPSA) is 148 Å². The molecule has 11 heteroatoms. The van der Waals surface area contributed by atoms with Crippen LogP contribution in [0, 0.1) is 10.1 Å². The van der Waals surface area contributed by atoms with E-state index < -0.39 is 20.9 Å². The summed E-state index contributed by atoms with van der Waals surface area (Å²) in [6.07, 6.45) is 0. The lowest BCUT2D eigenvalue weighted by Crippen LogP contribution is -2.23. The fourth-order valence-electron chi connectivity index (χ4n) is 2.89. The first-order valence-electron chi connectivity index (χ1n) is 9.80. The number of hydrogen-bond donors (Lipinski definition) is 3. The second-order valence-electron chi connectivity index (χ2n) is 6.84. The van der Waals surface area contributed by atoms with Gasteiger partial charge in [0.25, 0.3) is 21.6 Å². The van der Waals surface area contributed by atoms with Gasteiger partial charge in [0.2, 0.25) is 0 Å². The molecule has 3 aromatic carbocycles. The van der Waals surface area contributed by atoms with Crippen molar-refractivity contribution in [1.82, 2.24) is 5.32 Å². The minimum absolute atomic E-state index is 0.0377. The molecule has 3 rings (SSSR count). The van der Waals surface area contributed by atoms with Crippen LogP contribution >= 0.6 is 0 Å². The number of non-ortho nitro benzene ring substituents is 1. The fraction of sp³-hybridized carbons (Fsp3) is 0.136. The smallest absolute Gasteiger partial charge is 0.270 e. The van der Waals surface area contributed by atoms with Gasteiger partial charge in [-0.25, -0.2) is 8.42 Å². The van der Waals surface area contributed by atoms with Crippen molar-refractivity contribution in [2.75, 3.05) is 11.3 Å². The van der Waals surface area contributed by atoms with Crippen LogP contribution < -0.4 is 14.8 Å². The molecule has 0 saturated carbocycles. The Balaban J connectivity index is 1.66. The minimum Gasteiger partial charge on any atom is -0.508 e. The second-order valence-corrected chi connectivity index (χ2v) is 8.52. The van der Waals surface area contributed by atoms with Gasteiger partial charge in [0.1, 0.15) is 11.5 Å². The van der Waals surface area contributed by atoms with E-state index in [-0.39, 0.29) is 34.0 Å². The van der Waals surface area contributed by atoms with Gasteiger partial charge < -0.3 is 15.2 Å². The van der Waals surface area contributed by atoms with Gasteiger partial charge in [-0.3, -0.25) is 19.6 Å². The zero-order valence-corrected chi connectivity index (χ0v) is 18.3. The number of rotatable bonds is 9. The molecule has 0 aliphatic rings. The number of hydrogen-bond acceptors (Lipinski definition) is 7. The van der Waals surface area contributed by atoms with E-state index in [4.69, 9.17) is 4.74 Å². The van der Waals surface area contributed by atoms with Gasteiger partial charge in [-0.2, -0.15) is 0 Å². The Hall–Kier alpha value is -4.12. The van der Waals surface area contributed by atoms with Crippen LogP contribution in [0.2, 0.25) is 0 Å². The lowest BCUT2D eigenvalue weighted by Gasteiger charge is -2.10. The maximum atomic E-state index is 12.6. The van der Waals surface area contributed by atoms with Gasteiger partial charge in [-0.15, -0.1) is 0 Å². The normalized spacial score (nSPS) is 10.9. The Bertz CT molecular complexity index is 1260. The third-order valence-corrected chi connectivity index (χ3v) is 5.95. The highest BCUT2D eigenvalue weighted by molar-refractivity contribution is 7.92. The maximum Gasteiger partial charge on any atom is 0.270 e. The van der Waals surface area contributed by atoms with E-state index in [9.17, 15) is 28.4 Å². The monoisotopic (exact) mass is 471 g/mol. The molecule has 0 bridgehead atoms. The predicted molar refractivity (Wildman–Crippen MR) is 121 cm³/mol. The molecule has 0 heterocycles. The minimum atomic E-state index is -3.87. The van der Waals surface area contributed by atoms with Crippen molar-refractivity contribution in [1.29, 1.82) is 0 Å². The van der Waals surface area contributed by atoms with Crippen molar-refractivity contribution in [2.24, 2.45) is 0 Å². The van der Waals surface area contributed by atoms with Gasteiger partial charge in [-0.05, 0) is 61.5 Å². The van der Waals surface area contributed by atoms with Crippen LogP contribution in [0.25, 0.3) is 0 Å². The summed E-state index contributed by atoms with van der Waals surface area (Å²) in [7, 11) is -3.87. The number of carbonyl (C=O) groups is 1. The Morgan fingerprint density at radius 2 is 1.73 bits per heavy atom. The number of carbonyl (C=O) groups excluding carboxylic acids is 1. The number of benzene rings is 3. The van der Waals surface area contributed by atoms with Crippen molar-refractivity contribution in [3.05, 3.63) is 88.0 Å². The summed E-state index contributed by atoms with van der Waals surface area (Å²) in [5.74, 6) is -0.110. The summed E-state index contributed by atoms with van der Waals surface area (Å²) in [5.41, 5.74) is 0.500. The first-order valence-corrected chi connectivity index (χ1v) is 11.3. The SMILES string of the molecule is CCOc1ccc(NS(=O)(=O)c2ccc(C(=O)NCc3cc([N+](=O)[O-])ccc3O)cc2)cc1. The van der Waals surface area contributed by atoms with E-state index in [0.717, 1.165) is 12.1 Å². The number of phenols is 1. The van der Waals surface area contributed by atoms with Crippen LogP contribution in [0.4, 0.5) is 11.4 Å². The molecule has 0 spiro atoms. The average Bonchev–Trinajstić information content (AvgIpc) is 2.79. The quantitative estimate of drug-likeness (QED) is 0.320. The van der Waals surface area contributed by atoms with Crippen molar-refractivity contribution >= 4 is 27.3 Å². The number of ether oxygens (including phenoxy) is 1. The molecular weight excluding hydrogens is 450 g/mol. The highest BCUT2D eigenvalue weighted by Gasteiger charge is 2.16. The number of anilines is 1. The zero-order chi connectivity index (χ0) is 24.0. The van der Waals surface area contributed by atoms with Gasteiger partial charge in [0.05, 0.1) is 16.4 Å². The number of nitro groups is 1. The fourth-order valence-corrected chi connectivity index (χ4v) is 3.95. The number of nitro benzene ring substituents is 1. The first-order chi connectivity index (χ1) is 15.7. The molecule has 0 aliphatic carbocycles. The van der Waals surface area contributed by atoms with Crippen molar-refractivity contribution in [3.8, 4) is 11.5 Å². The number of aromatic hydroxyl groups is 1. The summed E-state index contributed by atoms with van der Waals surface area (Å²) < 4.78 is 33.0. The molecule has 0 saturated heterocycles. The molecular formula is C22H21N3O7S. The standard InChI is InChI=1S/C22H21N3O7S/c1-2-32-19-8-5-17(6-9-19)24-33(30,31)20-10-3-15(4-11-20)22(27)23-14-16-13-18(25(28)29)7-12-21(16)26/h3-13,24,26H,2,14H2,1H3,(H,23,27). The van der Waals surface area contributed by atoms with Gasteiger partial charge >= 0.3 is 0 Å². The molecule has 0 aromatic heterocycles. The molecule has 0 unspecified atom stereocenters. The summed E-state index contributed by atoms with van der Waals surface area (Å²) in [4.78, 5) is 22.6. The average molecular weight is 471 g/mol. The van der Waals surface area contributed by atoms with E-state index in [0.29, 0.717) is 18.0 Å². The Morgan fingerprint density at radius 1 is 1.06 bits per heavy atom. The zero-order valence-electron chi connectivity index (χ0n) is 17.5. The number of amides is 1. The molecule has 0 aliphatic heterocycles. The second kappa shape index (κ2) is 10.0. The Kier molecular flexibility index (Phi) is 7.13. The van der Waals surface area contributed by atoms with Crippen LogP contribution in [0.3, 0.4) is 0 Å². The van der Waals surface area contributed by atoms with Gasteiger partial charge in [0, 0.05) is 35.5 Å². The summed E-state index contributed by atoms with van der Waals surface area (Å²) in [6, 6.07) is 15.2. The molecule has 10 nitrogen and oxygen atoms in total. The van der Waals surface area contributed by atoms with E-state index in [1.165, 1.54) is 30.3 Å². The first kappa shape index (κ1) is 23.5. The third kappa shape index (κ3) is 5.98. The highest BCUT2D eigenvalue weighted by atomic mass is 32.2. The van der Waals surface area contributed by atoms with E-state index in [1.807, 2.05) is 6.92 Å². The highest BCUT2D eigenvalue weighted by Crippen LogP contribution is 2.23. The molecule has 3 aromatic rings. The molecule has 0 radical (unpaired) electrons. The van der Waals surface area contributed by atoms with Crippen LogP contribution in [-0.4, -0.2) is 31.0 Å². The van der Waals surface area contributed by atoms with Crippen LogP contribution in [-0.2, 0) is 16.6 Å². The van der Waals surface area contributed by atoms with Crippen molar-refractivity contribution in [3.63, 3.8) is 0 Å². The molecule has 0 fully saturated rings. The number of sulfonamides is 1. The maximum absolute atomic E-state index is 12.6. The lowest BCUT2D eigenvalue weighted by atomic mass is 10.1. The van der Waals surface area contributed by atoms with E-state index >= 15 is 0 Å². The van der Waals surface area contributed by atoms with Crippen LogP contribution in [0.15, 0.2) is 71.6 Å². The molecule has 3 N–H and O–H groups in total. The van der Waals surface area contributed by atoms with E-state index in [1.54, 1.807) is 24.3 Å².